The van der Waals surface area contributed by atoms with Gasteiger partial charge < -0.3 is 10.1 Å². The number of hydrogen-bond donors (Lipinski definition) is 1. The molecule has 1 N–H and O–H groups in total. The van der Waals surface area contributed by atoms with E-state index in [0.717, 1.165) is 22.6 Å². The van der Waals surface area contributed by atoms with Crippen LogP contribution in [-0.4, -0.2) is 12.0 Å². The van der Waals surface area contributed by atoms with Gasteiger partial charge in [0.25, 0.3) is 5.91 Å². The number of rotatable bonds is 0. The Morgan fingerprint density at radius 1 is 1.36 bits per heavy atom. The van der Waals surface area contributed by atoms with E-state index in [9.17, 15) is 4.79 Å². The number of carbonyl (C=O) groups excluding carboxylic acids is 1. The van der Waals surface area contributed by atoms with Crippen LogP contribution in [0, 0.1) is 13.8 Å². The van der Waals surface area contributed by atoms with Gasteiger partial charge >= 0.3 is 0 Å². The quantitative estimate of drug-likeness (QED) is 0.681. The van der Waals surface area contributed by atoms with E-state index in [1.165, 1.54) is 0 Å². The summed E-state index contributed by atoms with van der Waals surface area (Å²) in [6.45, 7) is 5.74. The molecule has 0 saturated heterocycles. The highest BCUT2D eigenvalue weighted by molar-refractivity contribution is 5.98. The van der Waals surface area contributed by atoms with Gasteiger partial charge in [-0.1, -0.05) is 6.07 Å². The molecule has 2 rings (SSSR count). The van der Waals surface area contributed by atoms with Crippen molar-refractivity contribution in [3.63, 3.8) is 0 Å². The zero-order chi connectivity index (χ0) is 10.3. The minimum absolute atomic E-state index is 0.0776. The van der Waals surface area contributed by atoms with Crippen molar-refractivity contribution in [2.45, 2.75) is 26.9 Å². The van der Waals surface area contributed by atoms with Gasteiger partial charge in [-0.25, -0.2) is 0 Å². The monoisotopic (exact) mass is 191 g/mol. The molecule has 0 bridgehead atoms. The van der Waals surface area contributed by atoms with Crippen LogP contribution in [0.5, 0.6) is 5.75 Å². The Morgan fingerprint density at radius 3 is 2.79 bits per heavy atom. The SMILES string of the molecule is Cc1ccc2c(c1C)NC(=O)C(C)O2. The molecule has 0 spiro atoms. The number of aryl methyl sites for hydroxylation is 1. The summed E-state index contributed by atoms with van der Waals surface area (Å²) in [6.07, 6.45) is -0.399. The average Bonchev–Trinajstić information content (AvgIpc) is 2.15. The van der Waals surface area contributed by atoms with Crippen LogP contribution in [0.3, 0.4) is 0 Å². The van der Waals surface area contributed by atoms with Crippen molar-refractivity contribution in [2.75, 3.05) is 5.32 Å². The summed E-state index contributed by atoms with van der Waals surface area (Å²) >= 11 is 0. The highest BCUT2D eigenvalue weighted by Crippen LogP contribution is 2.33. The molecule has 1 unspecified atom stereocenters. The summed E-state index contributed by atoms with van der Waals surface area (Å²) in [5, 5.41) is 2.85. The average molecular weight is 191 g/mol. The lowest BCUT2D eigenvalue weighted by molar-refractivity contribution is -0.122. The molecule has 0 saturated carbocycles. The number of ether oxygens (including phenoxy) is 1. The lowest BCUT2D eigenvalue weighted by atomic mass is 10.1. The molecule has 14 heavy (non-hydrogen) atoms. The maximum Gasteiger partial charge on any atom is 0.265 e. The van der Waals surface area contributed by atoms with E-state index >= 15 is 0 Å². The third-order valence-corrected chi connectivity index (χ3v) is 2.62. The standard InChI is InChI=1S/C11H13NO2/c1-6-4-5-9-10(7(6)2)12-11(13)8(3)14-9/h4-5,8H,1-3H3,(H,12,13). The van der Waals surface area contributed by atoms with Gasteiger partial charge in [-0.15, -0.1) is 0 Å². The summed E-state index contributed by atoms with van der Waals surface area (Å²) in [7, 11) is 0. The summed E-state index contributed by atoms with van der Waals surface area (Å²) in [6, 6.07) is 3.89. The molecule has 3 heteroatoms. The Balaban J connectivity index is 2.52. The summed E-state index contributed by atoms with van der Waals surface area (Å²) in [5.41, 5.74) is 3.04. The first kappa shape index (κ1) is 9.06. The third-order valence-electron chi connectivity index (χ3n) is 2.62. The van der Waals surface area contributed by atoms with Crippen LogP contribution in [0.2, 0.25) is 0 Å². The first-order valence-electron chi connectivity index (χ1n) is 4.67. The molecular formula is C11H13NO2. The normalized spacial score (nSPS) is 19.6. The molecule has 0 radical (unpaired) electrons. The third kappa shape index (κ3) is 1.25. The van der Waals surface area contributed by atoms with Gasteiger partial charge in [0.15, 0.2) is 6.10 Å². The number of hydrogen-bond acceptors (Lipinski definition) is 2. The second-order valence-corrected chi connectivity index (χ2v) is 3.63. The maximum absolute atomic E-state index is 11.4. The molecule has 0 aliphatic carbocycles. The van der Waals surface area contributed by atoms with Crippen molar-refractivity contribution in [1.82, 2.24) is 0 Å². The minimum atomic E-state index is -0.399. The van der Waals surface area contributed by atoms with Gasteiger partial charge in [0, 0.05) is 0 Å². The van der Waals surface area contributed by atoms with E-state index in [0.29, 0.717) is 0 Å². The lowest BCUT2D eigenvalue weighted by Gasteiger charge is -2.25. The Bertz CT molecular complexity index is 399. The fraction of sp³-hybridized carbons (Fsp3) is 0.364. The molecule has 1 aromatic rings. The van der Waals surface area contributed by atoms with Crippen molar-refractivity contribution in [3.8, 4) is 5.75 Å². The largest absolute Gasteiger partial charge is 0.479 e. The van der Waals surface area contributed by atoms with Gasteiger partial charge in [0.1, 0.15) is 5.75 Å². The second kappa shape index (κ2) is 3.01. The summed E-state index contributed by atoms with van der Waals surface area (Å²) < 4.78 is 5.47. The van der Waals surface area contributed by atoms with Gasteiger partial charge in [-0.2, -0.15) is 0 Å². The molecule has 1 aliphatic rings. The number of anilines is 1. The highest BCUT2D eigenvalue weighted by atomic mass is 16.5. The molecule has 74 valence electrons. The van der Waals surface area contributed by atoms with E-state index in [4.69, 9.17) is 4.74 Å². The Labute approximate surface area is 83.1 Å². The first-order chi connectivity index (χ1) is 6.59. The van der Waals surface area contributed by atoms with E-state index in [1.807, 2.05) is 26.0 Å². The molecule has 1 amide bonds. The predicted octanol–water partition coefficient (Wildman–Crippen LogP) is 2.02. The number of benzene rings is 1. The topological polar surface area (TPSA) is 38.3 Å². The van der Waals surface area contributed by atoms with Crippen LogP contribution < -0.4 is 10.1 Å². The van der Waals surface area contributed by atoms with Gasteiger partial charge in [-0.05, 0) is 38.0 Å². The molecule has 3 nitrogen and oxygen atoms in total. The zero-order valence-electron chi connectivity index (χ0n) is 8.55. The van der Waals surface area contributed by atoms with Crippen LogP contribution in [0.1, 0.15) is 18.1 Å². The van der Waals surface area contributed by atoms with Gasteiger partial charge in [0.2, 0.25) is 0 Å². The van der Waals surface area contributed by atoms with Crippen LogP contribution >= 0.6 is 0 Å². The van der Waals surface area contributed by atoms with Crippen LogP contribution in [-0.2, 0) is 4.79 Å². The number of nitrogens with one attached hydrogen (secondary N) is 1. The van der Waals surface area contributed by atoms with Crippen molar-refractivity contribution in [2.24, 2.45) is 0 Å². The van der Waals surface area contributed by atoms with Crippen molar-refractivity contribution in [1.29, 1.82) is 0 Å². The van der Waals surface area contributed by atoms with Crippen molar-refractivity contribution < 1.29 is 9.53 Å². The first-order valence-corrected chi connectivity index (χ1v) is 4.67. The molecular weight excluding hydrogens is 178 g/mol. The van der Waals surface area contributed by atoms with Crippen LogP contribution in [0.15, 0.2) is 12.1 Å². The van der Waals surface area contributed by atoms with Crippen LogP contribution in [0.25, 0.3) is 0 Å². The lowest BCUT2D eigenvalue weighted by Crippen LogP contribution is -2.34. The minimum Gasteiger partial charge on any atom is -0.479 e. The van der Waals surface area contributed by atoms with E-state index in [-0.39, 0.29) is 5.91 Å². The van der Waals surface area contributed by atoms with E-state index < -0.39 is 6.10 Å². The fourth-order valence-electron chi connectivity index (χ4n) is 1.51. The van der Waals surface area contributed by atoms with Gasteiger partial charge in [0.05, 0.1) is 5.69 Å². The molecule has 1 aliphatic heterocycles. The molecule has 0 fully saturated rings. The molecule has 1 aromatic carbocycles. The van der Waals surface area contributed by atoms with Crippen LogP contribution in [0.4, 0.5) is 5.69 Å². The molecule has 1 atom stereocenters. The second-order valence-electron chi connectivity index (χ2n) is 3.63. The number of fused-ring (bicyclic) bond motifs is 1. The Hall–Kier alpha value is -1.51. The van der Waals surface area contributed by atoms with Crippen molar-refractivity contribution >= 4 is 11.6 Å². The number of carbonyl (C=O) groups is 1. The van der Waals surface area contributed by atoms with E-state index in [1.54, 1.807) is 6.92 Å². The zero-order valence-corrected chi connectivity index (χ0v) is 8.55. The smallest absolute Gasteiger partial charge is 0.265 e. The number of amides is 1. The predicted molar refractivity (Wildman–Crippen MR) is 54.6 cm³/mol. The highest BCUT2D eigenvalue weighted by Gasteiger charge is 2.24. The maximum atomic E-state index is 11.4. The Kier molecular flexibility index (Phi) is 1.95. The fourth-order valence-corrected chi connectivity index (χ4v) is 1.51. The van der Waals surface area contributed by atoms with E-state index in [2.05, 4.69) is 5.32 Å². The van der Waals surface area contributed by atoms with Crippen molar-refractivity contribution in [3.05, 3.63) is 23.3 Å². The Morgan fingerprint density at radius 2 is 2.07 bits per heavy atom. The summed E-state index contributed by atoms with van der Waals surface area (Å²) in [4.78, 5) is 11.4. The summed E-state index contributed by atoms with van der Waals surface area (Å²) in [5.74, 6) is 0.686. The molecule has 1 heterocycles. The molecule has 0 aromatic heterocycles. The van der Waals surface area contributed by atoms with Gasteiger partial charge in [-0.3, -0.25) is 4.79 Å².